The van der Waals surface area contributed by atoms with E-state index in [1.807, 2.05) is 0 Å². The highest BCUT2D eigenvalue weighted by Gasteiger charge is 2.41. The van der Waals surface area contributed by atoms with Crippen LogP contribution in [0.5, 0.6) is 5.75 Å². The van der Waals surface area contributed by atoms with Gasteiger partial charge in [-0.05, 0) is 30.3 Å². The maximum absolute atomic E-state index is 13.3. The second kappa shape index (κ2) is 11.4. The van der Waals surface area contributed by atoms with Crippen LogP contribution in [-0.2, 0) is 22.0 Å². The molecule has 3 N–H and O–H groups in total. The van der Waals surface area contributed by atoms with Crippen LogP contribution in [-0.4, -0.2) is 33.3 Å². The lowest BCUT2D eigenvalue weighted by molar-refractivity contribution is -0.148. The summed E-state index contributed by atoms with van der Waals surface area (Å²) >= 11 is 0. The lowest BCUT2D eigenvalue weighted by Crippen LogP contribution is -2.34. The molecule has 2 atom stereocenters. The van der Waals surface area contributed by atoms with Crippen molar-refractivity contribution < 1.29 is 35.5 Å². The van der Waals surface area contributed by atoms with Gasteiger partial charge < -0.3 is 4.74 Å². The van der Waals surface area contributed by atoms with Crippen molar-refractivity contribution in [3.05, 3.63) is 53.6 Å². The number of halogens is 4. The van der Waals surface area contributed by atoms with E-state index in [-0.39, 0.29) is 32.6 Å². The molecule has 2 unspecified atom stereocenters. The number of hydrogen-bond donors (Lipinski definition) is 2. The second-order valence-corrected chi connectivity index (χ2v) is 9.15. The number of hydrogen-bond acceptors (Lipinski definition) is 4. The van der Waals surface area contributed by atoms with E-state index in [0.29, 0.717) is 0 Å². The van der Waals surface area contributed by atoms with E-state index >= 15 is 0 Å². The molecule has 178 valence electrons. The zero-order valence-corrected chi connectivity index (χ0v) is 19.1. The van der Waals surface area contributed by atoms with Crippen molar-refractivity contribution in [2.75, 3.05) is 6.61 Å². The topological polar surface area (TPSA) is 98.5 Å². The molecule has 33 heavy (non-hydrogen) atoms. The third-order valence-corrected chi connectivity index (χ3v) is 5.97. The molecule has 0 aliphatic heterocycles. The highest BCUT2D eigenvalue weighted by Crippen LogP contribution is 2.27. The molecule has 0 aromatic heterocycles. The van der Waals surface area contributed by atoms with Gasteiger partial charge in [0.05, 0.1) is 15.4 Å². The number of carbonyl (C=O) groups is 1. The molecule has 0 heterocycles. The quantitative estimate of drug-likeness (QED) is 0.425. The molecule has 12 heteroatoms. The molecule has 6 nitrogen and oxygen atoms in total. The summed E-state index contributed by atoms with van der Waals surface area (Å²) < 4.78 is 82.9. The first-order chi connectivity index (χ1) is 15.4. The van der Waals surface area contributed by atoms with Crippen LogP contribution < -0.4 is 14.6 Å². The van der Waals surface area contributed by atoms with Crippen molar-refractivity contribution in [1.29, 1.82) is 0 Å². The number of rotatable bonds is 8. The van der Waals surface area contributed by atoms with Crippen molar-refractivity contribution in [3.63, 3.8) is 0 Å². The largest absolute Gasteiger partial charge is 0.486 e. The average molecular weight is 505 g/mol. The van der Waals surface area contributed by atoms with Gasteiger partial charge in [0, 0.05) is 11.5 Å². The highest BCUT2D eigenvalue weighted by molar-refractivity contribution is 7.86. The van der Waals surface area contributed by atoms with Gasteiger partial charge in [-0.25, -0.2) is 22.3 Å². The standard InChI is InChI=1S/C21H20F4N2O4S2/c1-13(2)7-8-14-9-10-15(11-16(14)31-12-21(24,25)20(22)23)19(28)27-33(30)18-6-4-3-5-17(18)32(26)29/h3-6,9-11,13,20H,12,26H2,1-2H3,(H,27,28). The van der Waals surface area contributed by atoms with Crippen molar-refractivity contribution in [2.45, 2.75) is 36.0 Å². The van der Waals surface area contributed by atoms with Crippen molar-refractivity contribution in [3.8, 4) is 17.6 Å². The van der Waals surface area contributed by atoms with Crippen molar-refractivity contribution in [2.24, 2.45) is 11.1 Å². The van der Waals surface area contributed by atoms with Gasteiger partial charge in [0.2, 0.25) is 0 Å². The predicted molar refractivity (Wildman–Crippen MR) is 116 cm³/mol. The normalized spacial score (nSPS) is 13.2. The predicted octanol–water partition coefficient (Wildman–Crippen LogP) is 3.41. The maximum atomic E-state index is 13.3. The fourth-order valence-corrected chi connectivity index (χ4v) is 4.11. The molecule has 1 amide bonds. The summed E-state index contributed by atoms with van der Waals surface area (Å²) in [5.74, 6) is -0.231. The van der Waals surface area contributed by atoms with E-state index < -0.39 is 46.8 Å². The number of amides is 1. The number of alkyl halides is 4. The number of carbonyl (C=O) groups excluding carboxylic acids is 1. The molecule has 2 rings (SSSR count). The summed E-state index contributed by atoms with van der Waals surface area (Å²) in [5.41, 5.74) is -0.0459. The Bertz CT molecular complexity index is 1130. The molecule has 0 spiro atoms. The van der Waals surface area contributed by atoms with Gasteiger partial charge in [-0.1, -0.05) is 37.8 Å². The van der Waals surface area contributed by atoms with E-state index in [1.165, 1.54) is 36.4 Å². The molecular weight excluding hydrogens is 484 g/mol. The van der Waals surface area contributed by atoms with Crippen LogP contribution in [0.1, 0.15) is 29.8 Å². The van der Waals surface area contributed by atoms with E-state index in [1.54, 1.807) is 13.8 Å². The molecule has 0 fully saturated rings. The Labute approximate surface area is 193 Å². The van der Waals surface area contributed by atoms with Gasteiger partial charge in [0.25, 0.3) is 5.91 Å². The Kier molecular flexibility index (Phi) is 9.16. The lowest BCUT2D eigenvalue weighted by Gasteiger charge is -2.17. The molecule has 2 aromatic carbocycles. The number of ether oxygens (including phenoxy) is 1. The van der Waals surface area contributed by atoms with Crippen LogP contribution in [0.15, 0.2) is 52.3 Å². The van der Waals surface area contributed by atoms with Crippen LogP contribution in [0, 0.1) is 17.8 Å². The fourth-order valence-electron chi connectivity index (χ4n) is 2.31. The summed E-state index contributed by atoms with van der Waals surface area (Å²) in [6.45, 7) is 1.93. The monoisotopic (exact) mass is 504 g/mol. The fraction of sp³-hybridized carbons (Fsp3) is 0.286. The SMILES string of the molecule is CC(C)C#Cc1ccc(C(=O)NS(=O)c2ccccc2S(N)=O)cc1OCC(F)(F)C(F)F. The number of benzene rings is 2. The third-order valence-electron chi connectivity index (χ3n) is 3.93. The molecule has 0 aliphatic carbocycles. The molecule has 0 aliphatic rings. The smallest absolute Gasteiger partial charge is 0.340 e. The summed E-state index contributed by atoms with van der Waals surface area (Å²) in [6, 6.07) is 9.39. The number of nitrogens with two attached hydrogens (primary N) is 1. The minimum absolute atomic E-state index is 0.0131. The molecule has 2 aromatic rings. The summed E-state index contributed by atoms with van der Waals surface area (Å²) in [6.07, 6.45) is -3.94. The Morgan fingerprint density at radius 3 is 2.36 bits per heavy atom. The van der Waals surface area contributed by atoms with Gasteiger partial charge in [0.1, 0.15) is 16.7 Å². The Hall–Kier alpha value is -2.75. The van der Waals surface area contributed by atoms with Crippen LogP contribution in [0.25, 0.3) is 0 Å². The molecule has 0 bridgehead atoms. The minimum atomic E-state index is -4.41. The number of nitrogens with one attached hydrogen (secondary N) is 1. The summed E-state index contributed by atoms with van der Waals surface area (Å²) in [5, 5.41) is 5.35. The molecular formula is C21H20F4N2O4S2. The average Bonchev–Trinajstić information content (AvgIpc) is 2.76. The van der Waals surface area contributed by atoms with Gasteiger partial charge >= 0.3 is 12.3 Å². The molecule has 0 radical (unpaired) electrons. The van der Waals surface area contributed by atoms with Gasteiger partial charge in [0.15, 0.2) is 17.6 Å². The zero-order valence-electron chi connectivity index (χ0n) is 17.4. The summed E-state index contributed by atoms with van der Waals surface area (Å²) in [4.78, 5) is 12.6. The van der Waals surface area contributed by atoms with Gasteiger partial charge in [-0.2, -0.15) is 8.78 Å². The van der Waals surface area contributed by atoms with E-state index in [2.05, 4.69) is 16.6 Å². The van der Waals surface area contributed by atoms with E-state index in [9.17, 15) is 30.8 Å². The second-order valence-electron chi connectivity index (χ2n) is 6.93. The van der Waals surface area contributed by atoms with Crippen LogP contribution >= 0.6 is 0 Å². The lowest BCUT2D eigenvalue weighted by atomic mass is 10.1. The van der Waals surface area contributed by atoms with Crippen molar-refractivity contribution in [1.82, 2.24) is 4.72 Å². The molecule has 0 saturated heterocycles. The van der Waals surface area contributed by atoms with Gasteiger partial charge in [-0.3, -0.25) is 9.52 Å². The Morgan fingerprint density at radius 1 is 1.15 bits per heavy atom. The maximum Gasteiger partial charge on any atom is 0.340 e. The summed E-state index contributed by atoms with van der Waals surface area (Å²) in [7, 11) is -4.11. The van der Waals surface area contributed by atoms with Gasteiger partial charge in [-0.15, -0.1) is 0 Å². The molecule has 0 saturated carbocycles. The third kappa shape index (κ3) is 7.38. The first-order valence-electron chi connectivity index (χ1n) is 9.34. The first-order valence-corrected chi connectivity index (χ1v) is 11.7. The minimum Gasteiger partial charge on any atom is -0.486 e. The van der Waals surface area contributed by atoms with Crippen LogP contribution in [0.3, 0.4) is 0 Å². The Morgan fingerprint density at radius 2 is 1.79 bits per heavy atom. The van der Waals surface area contributed by atoms with E-state index in [4.69, 9.17) is 9.88 Å². The highest BCUT2D eigenvalue weighted by atomic mass is 32.2. The first kappa shape index (κ1) is 26.5. The van der Waals surface area contributed by atoms with Crippen LogP contribution in [0.2, 0.25) is 0 Å². The Balaban J connectivity index is 2.32. The zero-order chi connectivity index (χ0) is 24.8. The van der Waals surface area contributed by atoms with Crippen molar-refractivity contribution >= 4 is 27.9 Å². The van der Waals surface area contributed by atoms with Crippen LogP contribution in [0.4, 0.5) is 17.6 Å². The van der Waals surface area contributed by atoms with E-state index in [0.717, 1.165) is 6.07 Å².